The fourth-order valence-corrected chi connectivity index (χ4v) is 2.97. The molecule has 4 nitrogen and oxygen atoms in total. The first kappa shape index (κ1) is 14.7. The van der Waals surface area contributed by atoms with Gasteiger partial charge in [0.1, 0.15) is 5.82 Å². The topological polar surface area (TPSA) is 38.1 Å². The summed E-state index contributed by atoms with van der Waals surface area (Å²) in [6, 6.07) is 8.22. The van der Waals surface area contributed by atoms with E-state index in [9.17, 15) is 4.79 Å². The lowest BCUT2D eigenvalue weighted by molar-refractivity contribution is 0.241. The standard InChI is InChI=1S/C15H19N3OS/c1-11-6-5-7-12(10-11)13(20-15(19)17(2)3)14-16-8-9-18(14)4/h5-10,13H,1-4H3. The Balaban J connectivity index is 2.39. The fourth-order valence-electron chi connectivity index (χ4n) is 1.94. The van der Waals surface area contributed by atoms with Crippen LogP contribution in [0.5, 0.6) is 0 Å². The van der Waals surface area contributed by atoms with Crippen molar-refractivity contribution in [2.24, 2.45) is 7.05 Å². The van der Waals surface area contributed by atoms with Gasteiger partial charge in [-0.05, 0) is 24.2 Å². The van der Waals surface area contributed by atoms with E-state index < -0.39 is 0 Å². The molecule has 2 aromatic rings. The smallest absolute Gasteiger partial charge is 0.282 e. The average Bonchev–Trinajstić information content (AvgIpc) is 2.81. The largest absolute Gasteiger partial charge is 0.340 e. The molecule has 0 aliphatic rings. The van der Waals surface area contributed by atoms with Crippen LogP contribution in [-0.4, -0.2) is 33.8 Å². The zero-order valence-electron chi connectivity index (χ0n) is 12.2. The van der Waals surface area contributed by atoms with Gasteiger partial charge in [-0.2, -0.15) is 0 Å². The second-order valence-electron chi connectivity index (χ2n) is 4.97. The third kappa shape index (κ3) is 3.22. The highest BCUT2D eigenvalue weighted by Crippen LogP contribution is 2.36. The zero-order valence-corrected chi connectivity index (χ0v) is 13.0. The summed E-state index contributed by atoms with van der Waals surface area (Å²) in [5.41, 5.74) is 2.28. The molecule has 5 heteroatoms. The Morgan fingerprint density at radius 1 is 1.40 bits per heavy atom. The fraction of sp³-hybridized carbons (Fsp3) is 0.333. The third-order valence-electron chi connectivity index (χ3n) is 3.02. The summed E-state index contributed by atoms with van der Waals surface area (Å²) in [6.07, 6.45) is 3.66. The van der Waals surface area contributed by atoms with Gasteiger partial charge in [0.05, 0.1) is 5.25 Å². The lowest BCUT2D eigenvalue weighted by Gasteiger charge is -2.19. The maximum Gasteiger partial charge on any atom is 0.282 e. The SMILES string of the molecule is Cc1cccc(C(SC(=O)N(C)C)c2nccn2C)c1. The van der Waals surface area contributed by atoms with Gasteiger partial charge in [0.2, 0.25) is 0 Å². The Morgan fingerprint density at radius 2 is 2.15 bits per heavy atom. The summed E-state index contributed by atoms with van der Waals surface area (Å²) in [7, 11) is 5.48. The minimum Gasteiger partial charge on any atom is -0.340 e. The number of hydrogen-bond acceptors (Lipinski definition) is 3. The molecule has 0 saturated heterocycles. The first-order valence-corrected chi connectivity index (χ1v) is 7.28. The predicted molar refractivity (Wildman–Crippen MR) is 82.9 cm³/mol. The lowest BCUT2D eigenvalue weighted by atomic mass is 10.1. The zero-order chi connectivity index (χ0) is 14.7. The van der Waals surface area contributed by atoms with E-state index >= 15 is 0 Å². The highest BCUT2D eigenvalue weighted by molar-refractivity contribution is 8.13. The number of imidazole rings is 1. The Hall–Kier alpha value is -1.75. The molecular weight excluding hydrogens is 270 g/mol. The van der Waals surface area contributed by atoms with Gasteiger partial charge in [0.15, 0.2) is 0 Å². The van der Waals surface area contributed by atoms with Gasteiger partial charge in [0, 0.05) is 33.5 Å². The highest BCUT2D eigenvalue weighted by Gasteiger charge is 2.23. The summed E-state index contributed by atoms with van der Waals surface area (Å²) >= 11 is 1.29. The maximum atomic E-state index is 12.1. The van der Waals surface area contributed by atoms with E-state index in [0.29, 0.717) is 0 Å². The molecule has 1 aromatic heterocycles. The van der Waals surface area contributed by atoms with Gasteiger partial charge in [-0.1, -0.05) is 29.8 Å². The van der Waals surface area contributed by atoms with E-state index in [1.807, 2.05) is 29.9 Å². The van der Waals surface area contributed by atoms with E-state index in [4.69, 9.17) is 0 Å². The van der Waals surface area contributed by atoms with Crippen molar-refractivity contribution in [1.82, 2.24) is 14.5 Å². The van der Waals surface area contributed by atoms with Crippen LogP contribution in [-0.2, 0) is 7.05 Å². The number of hydrogen-bond donors (Lipinski definition) is 0. The van der Waals surface area contributed by atoms with E-state index in [0.717, 1.165) is 11.4 Å². The molecule has 1 heterocycles. The molecule has 0 aliphatic carbocycles. The van der Waals surface area contributed by atoms with Gasteiger partial charge < -0.3 is 9.47 Å². The second kappa shape index (κ2) is 6.13. The molecule has 0 aliphatic heterocycles. The number of benzene rings is 1. The second-order valence-corrected chi connectivity index (χ2v) is 6.03. The molecule has 0 bridgehead atoms. The number of rotatable bonds is 3. The van der Waals surface area contributed by atoms with Crippen LogP contribution in [0.15, 0.2) is 36.7 Å². The average molecular weight is 289 g/mol. The summed E-state index contributed by atoms with van der Waals surface area (Å²) in [4.78, 5) is 18.1. The van der Waals surface area contributed by atoms with Crippen molar-refractivity contribution in [2.75, 3.05) is 14.1 Å². The third-order valence-corrected chi connectivity index (χ3v) is 4.31. The van der Waals surface area contributed by atoms with Gasteiger partial charge in [-0.25, -0.2) is 4.98 Å². The minimum atomic E-state index is -0.0928. The maximum absolute atomic E-state index is 12.1. The van der Waals surface area contributed by atoms with Crippen molar-refractivity contribution in [1.29, 1.82) is 0 Å². The predicted octanol–water partition coefficient (Wildman–Crippen LogP) is 3.23. The molecule has 0 saturated carbocycles. The first-order valence-electron chi connectivity index (χ1n) is 6.40. The summed E-state index contributed by atoms with van der Waals surface area (Å²) in [5.74, 6) is 0.885. The van der Waals surface area contributed by atoms with E-state index in [1.54, 1.807) is 25.2 Å². The number of amides is 1. The first-order chi connectivity index (χ1) is 9.49. The Labute approximate surface area is 123 Å². The van der Waals surface area contributed by atoms with Crippen LogP contribution in [0.2, 0.25) is 0 Å². The van der Waals surface area contributed by atoms with Crippen LogP contribution in [0, 0.1) is 6.92 Å². The van der Waals surface area contributed by atoms with Gasteiger partial charge in [-0.3, -0.25) is 4.79 Å². The van der Waals surface area contributed by atoms with Crippen LogP contribution in [0.1, 0.15) is 22.2 Å². The highest BCUT2D eigenvalue weighted by atomic mass is 32.2. The van der Waals surface area contributed by atoms with Crippen molar-refractivity contribution < 1.29 is 4.79 Å². The summed E-state index contributed by atoms with van der Waals surface area (Å²) < 4.78 is 1.96. The van der Waals surface area contributed by atoms with Crippen LogP contribution in [0.3, 0.4) is 0 Å². The molecule has 1 atom stereocenters. The normalized spacial score (nSPS) is 12.2. The molecule has 106 valence electrons. The number of carbonyl (C=O) groups is 1. The van der Waals surface area contributed by atoms with Gasteiger partial charge >= 0.3 is 0 Å². The van der Waals surface area contributed by atoms with Crippen LogP contribution < -0.4 is 0 Å². The Bertz CT molecular complexity index is 607. The monoisotopic (exact) mass is 289 g/mol. The van der Waals surface area contributed by atoms with Crippen LogP contribution in [0.25, 0.3) is 0 Å². The van der Waals surface area contributed by atoms with Crippen molar-refractivity contribution in [2.45, 2.75) is 12.2 Å². The number of nitrogens with zero attached hydrogens (tertiary/aromatic N) is 3. The molecule has 1 unspecified atom stereocenters. The molecule has 0 radical (unpaired) electrons. The molecule has 20 heavy (non-hydrogen) atoms. The van der Waals surface area contributed by atoms with Crippen molar-refractivity contribution in [3.63, 3.8) is 0 Å². The Morgan fingerprint density at radius 3 is 2.70 bits per heavy atom. The number of aromatic nitrogens is 2. The van der Waals surface area contributed by atoms with Crippen molar-refractivity contribution >= 4 is 17.0 Å². The quantitative estimate of drug-likeness (QED) is 0.870. The molecule has 0 N–H and O–H groups in total. The van der Waals surface area contributed by atoms with E-state index in [2.05, 4.69) is 24.0 Å². The molecular formula is C15H19N3OS. The van der Waals surface area contributed by atoms with E-state index in [-0.39, 0.29) is 10.5 Å². The summed E-state index contributed by atoms with van der Waals surface area (Å²) in [6.45, 7) is 2.05. The molecule has 0 spiro atoms. The summed E-state index contributed by atoms with van der Waals surface area (Å²) in [5, 5.41) is -0.0655. The van der Waals surface area contributed by atoms with Crippen LogP contribution in [0.4, 0.5) is 4.79 Å². The van der Waals surface area contributed by atoms with Gasteiger partial charge in [-0.15, -0.1) is 0 Å². The molecule has 1 aromatic carbocycles. The van der Waals surface area contributed by atoms with Crippen molar-refractivity contribution in [3.05, 3.63) is 53.6 Å². The minimum absolute atomic E-state index is 0.0273. The van der Waals surface area contributed by atoms with Crippen LogP contribution >= 0.6 is 11.8 Å². The van der Waals surface area contributed by atoms with E-state index in [1.165, 1.54) is 17.3 Å². The molecule has 0 fully saturated rings. The Kier molecular flexibility index (Phi) is 4.49. The molecule has 1 amide bonds. The van der Waals surface area contributed by atoms with Gasteiger partial charge in [0.25, 0.3) is 5.24 Å². The lowest BCUT2D eigenvalue weighted by Crippen LogP contribution is -2.19. The number of carbonyl (C=O) groups excluding carboxylic acids is 1. The molecule has 2 rings (SSSR count). The number of thioether (sulfide) groups is 1. The van der Waals surface area contributed by atoms with Crippen molar-refractivity contribution in [3.8, 4) is 0 Å². The number of aryl methyl sites for hydroxylation is 2.